The first-order chi connectivity index (χ1) is 25.3. The molecular weight excluding hydrogens is 725 g/mol. The van der Waals surface area contributed by atoms with Gasteiger partial charge in [0.1, 0.15) is 47.0 Å². The van der Waals surface area contributed by atoms with E-state index in [2.05, 4.69) is 28.5 Å². The van der Waals surface area contributed by atoms with Crippen LogP contribution >= 0.6 is 0 Å². The first-order valence-corrected chi connectivity index (χ1v) is 19.3. The maximum absolute atomic E-state index is 14.5. The van der Waals surface area contributed by atoms with Crippen molar-refractivity contribution in [3.8, 4) is 0 Å². The summed E-state index contributed by atoms with van der Waals surface area (Å²) in [4.78, 5) is 71.0. The van der Waals surface area contributed by atoms with Gasteiger partial charge in [0, 0.05) is 24.4 Å². The highest BCUT2D eigenvalue weighted by Crippen LogP contribution is 2.45. The molecular formula is C37H48FN5O10S. The number of amides is 5. The molecule has 4 aliphatic rings. The van der Waals surface area contributed by atoms with Crippen LogP contribution in [-0.2, 0) is 51.7 Å². The molecule has 15 nitrogen and oxygen atoms in total. The second-order valence-corrected chi connectivity index (χ2v) is 17.0. The Morgan fingerprint density at radius 2 is 1.83 bits per heavy atom. The number of rotatable bonds is 13. The number of sulfonamides is 1. The van der Waals surface area contributed by atoms with Crippen molar-refractivity contribution in [2.24, 2.45) is 5.92 Å². The normalized spacial score (nSPS) is 24.5. The van der Waals surface area contributed by atoms with E-state index in [1.807, 2.05) is 0 Å². The lowest BCUT2D eigenvalue weighted by atomic mass is 10.1. The number of carbonyl (C=O) groups excluding carboxylic acids is 5. The molecule has 2 aliphatic heterocycles. The Kier molecular flexibility index (Phi) is 11.5. The van der Waals surface area contributed by atoms with Crippen LogP contribution < -0.4 is 15.4 Å². The van der Waals surface area contributed by atoms with Crippen LogP contribution in [0.5, 0.6) is 0 Å². The smallest absolute Gasteiger partial charge is 0.410 e. The van der Waals surface area contributed by atoms with Crippen LogP contribution in [0.15, 0.2) is 55.3 Å². The second-order valence-electron chi connectivity index (χ2n) is 15.1. The molecule has 0 bridgehead atoms. The van der Waals surface area contributed by atoms with Crippen LogP contribution in [0.4, 0.5) is 14.0 Å². The first kappa shape index (κ1) is 40.3. The zero-order chi connectivity index (χ0) is 39.7. The molecule has 5 amide bonds. The summed E-state index contributed by atoms with van der Waals surface area (Å²) < 4.78 is 58.9. The van der Waals surface area contributed by atoms with Crippen molar-refractivity contribution in [1.82, 2.24) is 25.2 Å². The fourth-order valence-corrected chi connectivity index (χ4v) is 8.01. The summed E-state index contributed by atoms with van der Waals surface area (Å²) in [6, 6.07) is 1.71. The molecule has 3 fully saturated rings. The van der Waals surface area contributed by atoms with Crippen LogP contribution in [0.25, 0.3) is 0 Å². The Hall–Kier alpha value is -4.93. The summed E-state index contributed by atoms with van der Waals surface area (Å²) in [5.41, 5.74) is -1.62. The van der Waals surface area contributed by atoms with E-state index in [1.54, 1.807) is 45.9 Å². The number of likely N-dealkylation sites (tertiary alicyclic amines) is 1. The number of carbonyl (C=O) groups is 5. The molecule has 0 spiro atoms. The topological polar surface area (TPSA) is 190 Å². The van der Waals surface area contributed by atoms with Gasteiger partial charge in [0.05, 0.1) is 18.3 Å². The number of allylic oxidation sites excluding steroid dienone is 2. The van der Waals surface area contributed by atoms with Gasteiger partial charge in [0.2, 0.25) is 21.8 Å². The van der Waals surface area contributed by atoms with Crippen LogP contribution in [0.1, 0.15) is 71.4 Å². The van der Waals surface area contributed by atoms with Gasteiger partial charge in [-0.1, -0.05) is 30.9 Å². The molecule has 3 N–H and O–H groups in total. The van der Waals surface area contributed by atoms with Crippen LogP contribution in [-0.4, -0.2) is 95.4 Å². The summed E-state index contributed by atoms with van der Waals surface area (Å²) >= 11 is 0. The van der Waals surface area contributed by atoms with Crippen molar-refractivity contribution in [2.75, 3.05) is 6.54 Å². The number of benzene rings is 1. The molecule has 1 unspecified atom stereocenters. The van der Waals surface area contributed by atoms with Crippen molar-refractivity contribution >= 4 is 39.9 Å². The van der Waals surface area contributed by atoms with Gasteiger partial charge in [0.25, 0.3) is 5.91 Å². The Morgan fingerprint density at radius 1 is 1.13 bits per heavy atom. The largest absolute Gasteiger partial charge is 0.489 e. The summed E-state index contributed by atoms with van der Waals surface area (Å²) in [7, 11) is -3.97. The van der Waals surface area contributed by atoms with E-state index in [9.17, 15) is 36.8 Å². The Bertz CT molecular complexity index is 1860. The predicted molar refractivity (Wildman–Crippen MR) is 193 cm³/mol. The average molecular weight is 774 g/mol. The highest BCUT2D eigenvalue weighted by molar-refractivity contribution is 7.91. The lowest BCUT2D eigenvalue weighted by molar-refractivity contribution is -0.143. The van der Waals surface area contributed by atoms with E-state index < -0.39 is 92.3 Å². The van der Waals surface area contributed by atoms with Crippen molar-refractivity contribution in [2.45, 2.75) is 114 Å². The molecule has 0 radical (unpaired) electrons. The molecule has 2 saturated carbocycles. The maximum atomic E-state index is 14.5. The average Bonchev–Trinajstić information content (AvgIpc) is 3.97. The van der Waals surface area contributed by atoms with Crippen LogP contribution in [0.2, 0.25) is 0 Å². The SMILES string of the molecule is C=C[C@@H]1C[C@]1(NC(=O)C1C[C@@H](OC(=O)N2Cc3cccc(F)c3C2)CN1C(=O)[C@@H](NC(=O)OC(C)(C)C)[C@@H](C)OC(=C)/C=C/C)C(=O)NS(=O)(=O)C1CC1. The molecule has 2 heterocycles. The third-order valence-electron chi connectivity index (χ3n) is 9.65. The highest BCUT2D eigenvalue weighted by Gasteiger charge is 2.62. The van der Waals surface area contributed by atoms with Gasteiger partial charge in [-0.2, -0.15) is 0 Å². The fraction of sp³-hybridized carbons (Fsp3) is 0.541. The van der Waals surface area contributed by atoms with E-state index in [1.165, 1.54) is 30.0 Å². The fourth-order valence-electron chi connectivity index (χ4n) is 6.65. The van der Waals surface area contributed by atoms with Gasteiger partial charge in [-0.15, -0.1) is 6.58 Å². The number of hydrogen-bond donors (Lipinski definition) is 3. The van der Waals surface area contributed by atoms with Crippen molar-refractivity contribution in [3.05, 3.63) is 72.3 Å². The van der Waals surface area contributed by atoms with Gasteiger partial charge in [-0.05, 0) is 71.6 Å². The Morgan fingerprint density at radius 3 is 2.43 bits per heavy atom. The first-order valence-electron chi connectivity index (χ1n) is 17.8. The molecule has 2 aliphatic carbocycles. The summed E-state index contributed by atoms with van der Waals surface area (Å²) in [6.07, 6.45) is 1.42. The summed E-state index contributed by atoms with van der Waals surface area (Å²) in [6.45, 7) is 15.4. The van der Waals surface area contributed by atoms with Crippen molar-refractivity contribution in [1.29, 1.82) is 0 Å². The van der Waals surface area contributed by atoms with Crippen molar-refractivity contribution in [3.63, 3.8) is 0 Å². The minimum atomic E-state index is -3.97. The quantitative estimate of drug-likeness (QED) is 0.152. The third kappa shape index (κ3) is 9.05. The van der Waals surface area contributed by atoms with Crippen LogP contribution in [0.3, 0.4) is 0 Å². The Labute approximate surface area is 314 Å². The van der Waals surface area contributed by atoms with Crippen LogP contribution in [0, 0.1) is 11.7 Å². The number of alkyl carbamates (subject to hydrolysis) is 1. The number of nitrogens with zero attached hydrogens (tertiary/aromatic N) is 2. The van der Waals surface area contributed by atoms with Gasteiger partial charge in [-0.25, -0.2) is 22.4 Å². The zero-order valence-corrected chi connectivity index (χ0v) is 31.9. The molecule has 1 saturated heterocycles. The molecule has 0 aromatic heterocycles. The molecule has 6 atom stereocenters. The Balaban J connectivity index is 1.41. The van der Waals surface area contributed by atoms with E-state index in [0.717, 1.165) is 4.90 Å². The predicted octanol–water partition coefficient (Wildman–Crippen LogP) is 3.30. The molecule has 1 aromatic carbocycles. The number of halogens is 1. The molecule has 5 rings (SSSR count). The second kappa shape index (κ2) is 15.4. The van der Waals surface area contributed by atoms with E-state index in [-0.39, 0.29) is 38.2 Å². The summed E-state index contributed by atoms with van der Waals surface area (Å²) in [5.74, 6) is -3.46. The lowest BCUT2D eigenvalue weighted by Gasteiger charge is -2.32. The minimum Gasteiger partial charge on any atom is -0.489 e. The van der Waals surface area contributed by atoms with E-state index >= 15 is 0 Å². The van der Waals surface area contributed by atoms with Gasteiger partial charge in [-0.3, -0.25) is 24.0 Å². The van der Waals surface area contributed by atoms with Crippen molar-refractivity contribution < 1.29 is 51.0 Å². The molecule has 54 heavy (non-hydrogen) atoms. The number of ether oxygens (including phenoxy) is 3. The monoisotopic (exact) mass is 773 g/mol. The van der Waals surface area contributed by atoms with Gasteiger partial charge < -0.3 is 29.7 Å². The van der Waals surface area contributed by atoms with E-state index in [0.29, 0.717) is 24.0 Å². The molecule has 1 aromatic rings. The number of nitrogens with one attached hydrogen (secondary N) is 3. The molecule has 17 heteroatoms. The molecule has 294 valence electrons. The highest BCUT2D eigenvalue weighted by atomic mass is 32.2. The number of hydrogen-bond acceptors (Lipinski definition) is 10. The number of fused-ring (bicyclic) bond motifs is 1. The third-order valence-corrected chi connectivity index (χ3v) is 11.5. The minimum absolute atomic E-state index is 0.0444. The maximum Gasteiger partial charge on any atom is 0.410 e. The van der Waals surface area contributed by atoms with E-state index in [4.69, 9.17) is 14.2 Å². The lowest BCUT2D eigenvalue weighted by Crippen LogP contribution is -2.60. The van der Waals surface area contributed by atoms with Gasteiger partial charge in [0.15, 0.2) is 0 Å². The van der Waals surface area contributed by atoms with Gasteiger partial charge >= 0.3 is 12.2 Å². The zero-order valence-electron chi connectivity index (χ0n) is 31.1. The summed E-state index contributed by atoms with van der Waals surface area (Å²) in [5, 5.41) is 4.52. The standard InChI is InChI=1S/C37H48FN5O10S/c1-8-11-21(3)51-22(4)30(39-34(47)53-36(5,6)7)32(45)43-19-25(52-35(48)42-18-23-12-10-13-28(38)27(23)20-42)16-29(43)31(44)40-37(17-24(37)9-2)33(46)41-54(49,50)26-14-15-26/h8-13,22,24-26,29-30H,2-3,14-20H2,1,4-7H3,(H,39,47)(H,40,44)(H,41,46)/b11-8+/t22-,24-,25-,29?,30+,37-/m1/s1.